The topological polar surface area (TPSA) is 30.2 Å². The minimum Gasteiger partial charge on any atom is -0.455 e. The van der Waals surface area contributed by atoms with E-state index in [4.69, 9.17) is 16.0 Å². The van der Waals surface area contributed by atoms with Crippen LogP contribution in [0.5, 0.6) is 0 Å². The van der Waals surface area contributed by atoms with E-state index in [1.54, 1.807) is 6.07 Å². The van der Waals surface area contributed by atoms with Crippen LogP contribution in [0.1, 0.15) is 15.9 Å². The van der Waals surface area contributed by atoms with Crippen LogP contribution >= 0.6 is 11.6 Å². The molecular weight excluding hydrogens is 296 g/mol. The number of carbonyl (C=O) groups excluding carboxylic acids is 1. The maximum absolute atomic E-state index is 12.8. The van der Waals surface area contributed by atoms with Gasteiger partial charge in [0.05, 0.1) is 5.56 Å². The van der Waals surface area contributed by atoms with Crippen molar-refractivity contribution in [2.75, 3.05) is 0 Å². The zero-order valence-corrected chi connectivity index (χ0v) is 12.1. The highest BCUT2D eigenvalue weighted by Crippen LogP contribution is 2.45. The molecule has 4 aromatic rings. The first kappa shape index (κ1) is 12.0. The summed E-state index contributed by atoms with van der Waals surface area (Å²) in [7, 11) is 0. The lowest BCUT2D eigenvalue weighted by Crippen LogP contribution is -1.95. The Labute approximate surface area is 130 Å². The monoisotopic (exact) mass is 304 g/mol. The average Bonchev–Trinajstić information content (AvgIpc) is 3.04. The van der Waals surface area contributed by atoms with Gasteiger partial charge in [-0.15, -0.1) is 0 Å². The fraction of sp³-hybridized carbons (Fsp3) is 0. The molecule has 104 valence electrons. The zero-order valence-electron chi connectivity index (χ0n) is 11.4. The third-order valence-electron chi connectivity index (χ3n) is 4.30. The number of ketones is 1. The van der Waals surface area contributed by atoms with Crippen molar-refractivity contribution in [3.05, 3.63) is 70.7 Å². The van der Waals surface area contributed by atoms with Gasteiger partial charge >= 0.3 is 0 Å². The summed E-state index contributed by atoms with van der Waals surface area (Å²) in [5, 5.41) is 2.59. The van der Waals surface area contributed by atoms with E-state index in [1.165, 1.54) is 0 Å². The number of carbonyl (C=O) groups is 1. The Balaban J connectivity index is 1.98. The Morgan fingerprint density at radius 2 is 1.64 bits per heavy atom. The molecular formula is C19H9ClO2. The third-order valence-corrected chi connectivity index (χ3v) is 4.62. The number of benzene rings is 3. The summed E-state index contributed by atoms with van der Waals surface area (Å²) in [6.07, 6.45) is 0. The summed E-state index contributed by atoms with van der Waals surface area (Å²) in [5.41, 5.74) is 4.38. The van der Waals surface area contributed by atoms with Crippen molar-refractivity contribution in [1.29, 1.82) is 0 Å². The lowest BCUT2D eigenvalue weighted by atomic mass is 10.0. The second kappa shape index (κ2) is 3.99. The molecule has 1 heterocycles. The number of hydrogen-bond donors (Lipinski definition) is 0. The van der Waals surface area contributed by atoms with Gasteiger partial charge < -0.3 is 4.42 Å². The maximum atomic E-state index is 12.8. The quantitative estimate of drug-likeness (QED) is 0.381. The van der Waals surface area contributed by atoms with Crippen LogP contribution in [-0.2, 0) is 0 Å². The predicted molar refractivity (Wildman–Crippen MR) is 87.6 cm³/mol. The maximum Gasteiger partial charge on any atom is 0.198 e. The highest BCUT2D eigenvalue weighted by atomic mass is 35.5. The summed E-state index contributed by atoms with van der Waals surface area (Å²) in [5.74, 6) is -0.0165. The molecule has 2 nitrogen and oxygen atoms in total. The van der Waals surface area contributed by atoms with Crippen LogP contribution in [0.25, 0.3) is 33.1 Å². The minimum absolute atomic E-state index is 0.0165. The van der Waals surface area contributed by atoms with Gasteiger partial charge in [-0.2, -0.15) is 0 Å². The number of para-hydroxylation sites is 1. The first-order valence-corrected chi connectivity index (χ1v) is 7.41. The molecule has 1 aliphatic carbocycles. The lowest BCUT2D eigenvalue weighted by molar-refractivity contribution is 0.104. The molecule has 0 amide bonds. The van der Waals surface area contributed by atoms with Gasteiger partial charge in [0, 0.05) is 26.9 Å². The number of furan rings is 1. The summed E-state index contributed by atoms with van der Waals surface area (Å²) >= 11 is 6.31. The molecule has 3 heteroatoms. The van der Waals surface area contributed by atoms with Crippen LogP contribution in [0, 0.1) is 0 Å². The molecule has 5 rings (SSSR count). The van der Waals surface area contributed by atoms with Gasteiger partial charge in [-0.1, -0.05) is 48.0 Å². The number of hydrogen-bond acceptors (Lipinski definition) is 2. The standard InChI is InChI=1S/C19H9ClO2/c20-14-6-3-5-13-16(14)12-9-8-11-10-4-1-2-7-15(10)22-19(11)17(12)18(13)21/h1-9H. The molecule has 0 radical (unpaired) electrons. The van der Waals surface area contributed by atoms with Gasteiger partial charge in [0.1, 0.15) is 11.2 Å². The zero-order chi connectivity index (χ0) is 14.8. The Bertz CT molecular complexity index is 1110. The SMILES string of the molecule is O=C1c2cccc(Cl)c2-c2ccc3c(oc4ccccc43)c21. The Hall–Kier alpha value is -2.58. The van der Waals surface area contributed by atoms with Crippen molar-refractivity contribution in [3.8, 4) is 11.1 Å². The smallest absolute Gasteiger partial charge is 0.198 e. The number of rotatable bonds is 0. The second-order valence-electron chi connectivity index (χ2n) is 5.45. The van der Waals surface area contributed by atoms with E-state index in [-0.39, 0.29) is 5.78 Å². The van der Waals surface area contributed by atoms with Crippen LogP contribution in [0.2, 0.25) is 5.02 Å². The van der Waals surface area contributed by atoms with Gasteiger partial charge in [-0.25, -0.2) is 0 Å². The summed E-state index contributed by atoms with van der Waals surface area (Å²) in [6, 6.07) is 17.2. The van der Waals surface area contributed by atoms with E-state index in [0.717, 1.165) is 27.5 Å². The van der Waals surface area contributed by atoms with Crippen molar-refractivity contribution >= 4 is 39.3 Å². The molecule has 0 spiro atoms. The van der Waals surface area contributed by atoms with E-state index in [1.807, 2.05) is 48.5 Å². The third kappa shape index (κ3) is 1.33. The largest absolute Gasteiger partial charge is 0.455 e. The molecule has 0 saturated heterocycles. The van der Waals surface area contributed by atoms with Crippen LogP contribution < -0.4 is 0 Å². The first-order chi connectivity index (χ1) is 10.8. The normalized spacial score (nSPS) is 12.9. The average molecular weight is 305 g/mol. The molecule has 1 aromatic heterocycles. The highest BCUT2D eigenvalue weighted by molar-refractivity contribution is 6.38. The van der Waals surface area contributed by atoms with E-state index in [0.29, 0.717) is 21.7 Å². The van der Waals surface area contributed by atoms with E-state index < -0.39 is 0 Å². The predicted octanol–water partition coefficient (Wildman–Crippen LogP) is 5.45. The molecule has 0 bridgehead atoms. The second-order valence-corrected chi connectivity index (χ2v) is 5.86. The highest BCUT2D eigenvalue weighted by Gasteiger charge is 2.32. The summed E-state index contributed by atoms with van der Waals surface area (Å²) in [6.45, 7) is 0. The molecule has 3 aromatic carbocycles. The van der Waals surface area contributed by atoms with Gasteiger partial charge in [-0.05, 0) is 23.8 Å². The van der Waals surface area contributed by atoms with Crippen LogP contribution in [0.4, 0.5) is 0 Å². The number of halogens is 1. The molecule has 0 atom stereocenters. The van der Waals surface area contributed by atoms with Crippen LogP contribution in [0.15, 0.2) is 59.0 Å². The van der Waals surface area contributed by atoms with Crippen molar-refractivity contribution < 1.29 is 9.21 Å². The van der Waals surface area contributed by atoms with E-state index >= 15 is 0 Å². The van der Waals surface area contributed by atoms with Crippen molar-refractivity contribution in [1.82, 2.24) is 0 Å². The molecule has 0 N–H and O–H groups in total. The molecule has 1 aliphatic rings. The van der Waals surface area contributed by atoms with E-state index in [2.05, 4.69) is 0 Å². The summed E-state index contributed by atoms with van der Waals surface area (Å²) < 4.78 is 5.97. The van der Waals surface area contributed by atoms with Gasteiger partial charge in [0.25, 0.3) is 0 Å². The van der Waals surface area contributed by atoms with Crippen molar-refractivity contribution in [2.24, 2.45) is 0 Å². The molecule has 0 saturated carbocycles. The minimum atomic E-state index is -0.0165. The first-order valence-electron chi connectivity index (χ1n) is 7.03. The Kier molecular flexibility index (Phi) is 2.18. The van der Waals surface area contributed by atoms with Crippen molar-refractivity contribution in [3.63, 3.8) is 0 Å². The fourth-order valence-electron chi connectivity index (χ4n) is 3.34. The number of fused-ring (bicyclic) bond motifs is 7. The fourth-order valence-corrected chi connectivity index (χ4v) is 3.62. The van der Waals surface area contributed by atoms with Crippen LogP contribution in [0.3, 0.4) is 0 Å². The molecule has 0 fully saturated rings. The molecule has 0 aliphatic heterocycles. The van der Waals surface area contributed by atoms with Crippen LogP contribution in [-0.4, -0.2) is 5.78 Å². The molecule has 0 unspecified atom stereocenters. The molecule has 22 heavy (non-hydrogen) atoms. The van der Waals surface area contributed by atoms with Gasteiger partial charge in [0.15, 0.2) is 5.78 Å². The van der Waals surface area contributed by atoms with Crippen molar-refractivity contribution in [2.45, 2.75) is 0 Å². The van der Waals surface area contributed by atoms with Gasteiger partial charge in [0.2, 0.25) is 0 Å². The van der Waals surface area contributed by atoms with Gasteiger partial charge in [-0.3, -0.25) is 4.79 Å². The Morgan fingerprint density at radius 3 is 2.55 bits per heavy atom. The Morgan fingerprint density at radius 1 is 0.773 bits per heavy atom. The summed E-state index contributed by atoms with van der Waals surface area (Å²) in [4.78, 5) is 12.8. The van der Waals surface area contributed by atoms with E-state index in [9.17, 15) is 4.79 Å². The lowest BCUT2D eigenvalue weighted by Gasteiger charge is -2.02.